The van der Waals surface area contributed by atoms with Crippen LogP contribution in [-0.4, -0.2) is 24.7 Å². The third kappa shape index (κ3) is 3.84. The number of ether oxygens (including phenoxy) is 1. The molecule has 0 amide bonds. The zero-order valence-electron chi connectivity index (χ0n) is 12.1. The first kappa shape index (κ1) is 14.6. The molecule has 0 saturated heterocycles. The fourth-order valence-corrected chi connectivity index (χ4v) is 2.09. The number of benzene rings is 1. The van der Waals surface area contributed by atoms with Gasteiger partial charge in [-0.3, -0.25) is 4.98 Å². The van der Waals surface area contributed by atoms with Crippen LogP contribution in [0, 0.1) is 0 Å². The van der Waals surface area contributed by atoms with Crippen molar-refractivity contribution in [3.05, 3.63) is 30.6 Å². The predicted molar refractivity (Wildman–Crippen MR) is 85.0 cm³/mol. The molecule has 0 spiro atoms. The summed E-state index contributed by atoms with van der Waals surface area (Å²) in [6.45, 7) is 4.70. The van der Waals surface area contributed by atoms with Gasteiger partial charge in [0.05, 0.1) is 11.4 Å². The molecule has 0 aliphatic carbocycles. The molecule has 1 aromatic heterocycles. The molecule has 2 rings (SSSR count). The topological polar surface area (TPSA) is 60.2 Å². The Morgan fingerprint density at radius 2 is 2.05 bits per heavy atom. The van der Waals surface area contributed by atoms with E-state index in [0.717, 1.165) is 54.7 Å². The van der Waals surface area contributed by atoms with Crippen LogP contribution in [0.15, 0.2) is 30.6 Å². The lowest BCUT2D eigenvalue weighted by Crippen LogP contribution is -2.08. The summed E-state index contributed by atoms with van der Waals surface area (Å²) < 4.78 is 5.53. The van der Waals surface area contributed by atoms with Crippen molar-refractivity contribution in [3.63, 3.8) is 0 Å². The molecule has 3 N–H and O–H groups in total. The first-order valence-electron chi connectivity index (χ1n) is 7.26. The highest BCUT2D eigenvalue weighted by Crippen LogP contribution is 2.27. The number of nitrogens with one attached hydrogen (secondary N) is 1. The van der Waals surface area contributed by atoms with Crippen LogP contribution in [0.3, 0.4) is 0 Å². The minimum Gasteiger partial charge on any atom is -0.397 e. The molecule has 108 valence electrons. The normalized spacial score (nSPS) is 10.8. The summed E-state index contributed by atoms with van der Waals surface area (Å²) in [5.74, 6) is 0. The Morgan fingerprint density at radius 3 is 2.90 bits per heavy atom. The van der Waals surface area contributed by atoms with Gasteiger partial charge in [-0.05, 0) is 25.0 Å². The number of rotatable bonds is 8. The minimum atomic E-state index is 0.789. The van der Waals surface area contributed by atoms with Crippen LogP contribution in [0.5, 0.6) is 0 Å². The Hall–Kier alpha value is -1.81. The number of nitrogens with zero attached hydrogens (tertiary/aromatic N) is 1. The zero-order valence-corrected chi connectivity index (χ0v) is 12.1. The smallest absolute Gasteiger partial charge is 0.0630 e. The average molecular weight is 273 g/mol. The Labute approximate surface area is 120 Å². The van der Waals surface area contributed by atoms with Gasteiger partial charge in [-0.25, -0.2) is 0 Å². The molecule has 1 heterocycles. The summed E-state index contributed by atoms with van der Waals surface area (Å²) in [6.07, 6.45) is 6.90. The van der Waals surface area contributed by atoms with Crippen LogP contribution in [0.25, 0.3) is 10.8 Å². The molecule has 0 aliphatic heterocycles. The second kappa shape index (κ2) is 7.70. The van der Waals surface area contributed by atoms with Gasteiger partial charge in [-0.1, -0.05) is 19.4 Å². The van der Waals surface area contributed by atoms with Crippen molar-refractivity contribution in [1.29, 1.82) is 0 Å². The molecule has 0 saturated carbocycles. The number of anilines is 2. The largest absolute Gasteiger partial charge is 0.397 e. The summed E-state index contributed by atoms with van der Waals surface area (Å²) in [7, 11) is 0. The van der Waals surface area contributed by atoms with E-state index < -0.39 is 0 Å². The molecule has 0 fully saturated rings. The molecular formula is C16H23N3O. The van der Waals surface area contributed by atoms with Crippen molar-refractivity contribution >= 4 is 22.1 Å². The molecule has 0 bridgehead atoms. The second-order valence-electron chi connectivity index (χ2n) is 4.87. The number of fused-ring (bicyclic) bond motifs is 1. The van der Waals surface area contributed by atoms with Gasteiger partial charge in [0.15, 0.2) is 0 Å². The van der Waals surface area contributed by atoms with Crippen LogP contribution in [0.2, 0.25) is 0 Å². The quantitative estimate of drug-likeness (QED) is 0.571. The molecule has 1 aromatic carbocycles. The van der Waals surface area contributed by atoms with E-state index in [9.17, 15) is 0 Å². The van der Waals surface area contributed by atoms with E-state index in [2.05, 4.69) is 17.2 Å². The zero-order chi connectivity index (χ0) is 14.2. The maximum Gasteiger partial charge on any atom is 0.0630 e. The average Bonchev–Trinajstić information content (AvgIpc) is 2.49. The third-order valence-corrected chi connectivity index (χ3v) is 3.28. The third-order valence-electron chi connectivity index (χ3n) is 3.28. The van der Waals surface area contributed by atoms with E-state index in [1.807, 2.05) is 24.4 Å². The van der Waals surface area contributed by atoms with E-state index in [1.54, 1.807) is 6.20 Å². The highest BCUT2D eigenvalue weighted by Gasteiger charge is 2.03. The Morgan fingerprint density at radius 1 is 1.20 bits per heavy atom. The van der Waals surface area contributed by atoms with Gasteiger partial charge in [0, 0.05) is 42.9 Å². The molecule has 4 nitrogen and oxygen atoms in total. The van der Waals surface area contributed by atoms with Crippen molar-refractivity contribution in [1.82, 2.24) is 4.98 Å². The van der Waals surface area contributed by atoms with Crippen LogP contribution >= 0.6 is 0 Å². The number of hydrogen-bond donors (Lipinski definition) is 2. The fourth-order valence-electron chi connectivity index (χ4n) is 2.09. The second-order valence-corrected chi connectivity index (χ2v) is 4.87. The molecule has 2 aromatic rings. The van der Waals surface area contributed by atoms with Crippen molar-refractivity contribution in [2.24, 2.45) is 0 Å². The summed E-state index contributed by atoms with van der Waals surface area (Å²) in [5.41, 5.74) is 7.95. The summed E-state index contributed by atoms with van der Waals surface area (Å²) >= 11 is 0. The Kier molecular flexibility index (Phi) is 5.62. The van der Waals surface area contributed by atoms with Crippen molar-refractivity contribution in [3.8, 4) is 0 Å². The Bertz CT molecular complexity index is 542. The lowest BCUT2D eigenvalue weighted by Gasteiger charge is -2.11. The van der Waals surface area contributed by atoms with Gasteiger partial charge in [-0.15, -0.1) is 0 Å². The molecule has 20 heavy (non-hydrogen) atoms. The number of unbranched alkanes of at least 4 members (excludes halogenated alkanes) is 1. The van der Waals surface area contributed by atoms with E-state index in [-0.39, 0.29) is 0 Å². The van der Waals surface area contributed by atoms with Crippen LogP contribution in [0.4, 0.5) is 11.4 Å². The first-order chi connectivity index (χ1) is 9.83. The van der Waals surface area contributed by atoms with E-state index >= 15 is 0 Å². The standard InChI is InChI=1S/C16H23N3O/c1-2-3-10-20-11-4-8-19-15-6-5-13-12-18-9-7-14(13)16(15)17/h5-7,9,12,19H,2-4,8,10-11,17H2,1H3. The van der Waals surface area contributed by atoms with Crippen molar-refractivity contribution in [2.45, 2.75) is 26.2 Å². The molecule has 0 unspecified atom stereocenters. The molecule has 0 aliphatic rings. The van der Waals surface area contributed by atoms with Gasteiger partial charge in [0.1, 0.15) is 0 Å². The summed E-state index contributed by atoms with van der Waals surface area (Å²) in [6, 6.07) is 6.00. The van der Waals surface area contributed by atoms with Gasteiger partial charge in [0.25, 0.3) is 0 Å². The highest BCUT2D eigenvalue weighted by molar-refractivity contribution is 5.98. The van der Waals surface area contributed by atoms with E-state index in [1.165, 1.54) is 6.42 Å². The van der Waals surface area contributed by atoms with Crippen LogP contribution < -0.4 is 11.1 Å². The Balaban J connectivity index is 1.83. The number of hydrogen-bond acceptors (Lipinski definition) is 4. The number of nitrogens with two attached hydrogens (primary N) is 1. The molecule has 0 atom stereocenters. The van der Waals surface area contributed by atoms with Gasteiger partial charge in [0.2, 0.25) is 0 Å². The molecule has 0 radical (unpaired) electrons. The number of aromatic nitrogens is 1. The maximum atomic E-state index is 6.18. The van der Waals surface area contributed by atoms with Crippen molar-refractivity contribution in [2.75, 3.05) is 30.8 Å². The minimum absolute atomic E-state index is 0.789. The van der Waals surface area contributed by atoms with E-state index in [4.69, 9.17) is 10.5 Å². The number of nitrogen functional groups attached to an aromatic ring is 1. The van der Waals surface area contributed by atoms with Gasteiger partial charge < -0.3 is 15.8 Å². The maximum absolute atomic E-state index is 6.18. The fraction of sp³-hybridized carbons (Fsp3) is 0.438. The molecular weight excluding hydrogens is 250 g/mol. The highest BCUT2D eigenvalue weighted by atomic mass is 16.5. The van der Waals surface area contributed by atoms with Crippen LogP contribution in [0.1, 0.15) is 26.2 Å². The lowest BCUT2D eigenvalue weighted by atomic mass is 10.1. The number of pyridine rings is 1. The van der Waals surface area contributed by atoms with Gasteiger partial charge >= 0.3 is 0 Å². The first-order valence-corrected chi connectivity index (χ1v) is 7.26. The predicted octanol–water partition coefficient (Wildman–Crippen LogP) is 3.44. The SMILES string of the molecule is CCCCOCCCNc1ccc2cnccc2c1N. The van der Waals surface area contributed by atoms with Gasteiger partial charge in [-0.2, -0.15) is 0 Å². The van der Waals surface area contributed by atoms with Crippen molar-refractivity contribution < 1.29 is 4.74 Å². The summed E-state index contributed by atoms with van der Waals surface area (Å²) in [4.78, 5) is 4.10. The summed E-state index contributed by atoms with van der Waals surface area (Å²) in [5, 5.41) is 5.48. The van der Waals surface area contributed by atoms with E-state index in [0.29, 0.717) is 0 Å². The lowest BCUT2D eigenvalue weighted by molar-refractivity contribution is 0.131. The van der Waals surface area contributed by atoms with Crippen LogP contribution in [-0.2, 0) is 4.74 Å². The monoisotopic (exact) mass is 273 g/mol. The molecule has 4 heteroatoms.